The van der Waals surface area contributed by atoms with Crippen LogP contribution in [0.5, 0.6) is 0 Å². The van der Waals surface area contributed by atoms with Crippen LogP contribution in [0.25, 0.3) is 0 Å². The first-order chi connectivity index (χ1) is 39.7. The first-order valence-electron chi connectivity index (χ1n) is 33.0. The van der Waals surface area contributed by atoms with Gasteiger partial charge >= 0.3 is 5.97 Å². The summed E-state index contributed by atoms with van der Waals surface area (Å²) in [6, 6.07) is -1.03. The molecule has 1 aliphatic rings. The van der Waals surface area contributed by atoms with Gasteiger partial charge in [-0.3, -0.25) is 9.59 Å². The normalized spacial score (nSPS) is 19.3. The number of esters is 1. The van der Waals surface area contributed by atoms with E-state index in [0.717, 1.165) is 116 Å². The number of allylic oxidation sites excluding steroid dienone is 15. The molecule has 1 rings (SSSR count). The zero-order valence-corrected chi connectivity index (χ0v) is 51.6. The number of carbonyl (C=O) groups excluding carboxylic acids is 2. The van der Waals surface area contributed by atoms with Crippen molar-refractivity contribution in [2.45, 2.75) is 320 Å². The van der Waals surface area contributed by atoms with Gasteiger partial charge in [0.25, 0.3) is 0 Å². The van der Waals surface area contributed by atoms with Gasteiger partial charge in [0, 0.05) is 6.42 Å². The van der Waals surface area contributed by atoms with Crippen LogP contribution in [0.3, 0.4) is 0 Å². The lowest BCUT2D eigenvalue weighted by Gasteiger charge is -2.41. The molecular formula is C70H121NO10. The van der Waals surface area contributed by atoms with Gasteiger partial charge in [0.1, 0.15) is 24.4 Å². The third-order valence-corrected chi connectivity index (χ3v) is 15.0. The Kier molecular flexibility index (Phi) is 53.2. The van der Waals surface area contributed by atoms with E-state index in [1.165, 1.54) is 109 Å². The second-order valence-corrected chi connectivity index (χ2v) is 22.5. The van der Waals surface area contributed by atoms with Crippen LogP contribution < -0.4 is 5.32 Å². The van der Waals surface area contributed by atoms with Crippen molar-refractivity contribution >= 4 is 11.9 Å². The van der Waals surface area contributed by atoms with Gasteiger partial charge in [-0.05, 0) is 103 Å². The molecule has 8 unspecified atom stereocenters. The number of unbranched alkanes of at least 4 members (excludes halogenated alkanes) is 27. The van der Waals surface area contributed by atoms with Gasteiger partial charge in [0.15, 0.2) is 12.4 Å². The minimum Gasteiger partial charge on any atom is -0.454 e. The van der Waals surface area contributed by atoms with E-state index in [0.29, 0.717) is 12.8 Å². The molecule has 8 atom stereocenters. The maximum atomic E-state index is 13.4. The van der Waals surface area contributed by atoms with Crippen LogP contribution in [-0.4, -0.2) is 99.6 Å². The quantitative estimate of drug-likeness (QED) is 0.0195. The minimum absolute atomic E-state index is 0.0970. The van der Waals surface area contributed by atoms with Crippen molar-refractivity contribution in [2.75, 3.05) is 13.2 Å². The van der Waals surface area contributed by atoms with Gasteiger partial charge in [-0.2, -0.15) is 0 Å². The van der Waals surface area contributed by atoms with Crippen LogP contribution in [-0.2, 0) is 23.8 Å². The van der Waals surface area contributed by atoms with Crippen LogP contribution in [0.4, 0.5) is 0 Å². The number of nitrogens with one attached hydrogen (secondary N) is 1. The summed E-state index contributed by atoms with van der Waals surface area (Å²) >= 11 is 0. The summed E-state index contributed by atoms with van der Waals surface area (Å²) in [5, 5.41) is 57.1. The molecule has 0 aliphatic carbocycles. The minimum atomic E-state index is -1.63. The van der Waals surface area contributed by atoms with Gasteiger partial charge in [0.05, 0.1) is 25.4 Å². The molecule has 1 saturated heterocycles. The molecule has 466 valence electrons. The van der Waals surface area contributed by atoms with Gasteiger partial charge in [-0.1, -0.05) is 259 Å². The Morgan fingerprint density at radius 1 is 0.494 bits per heavy atom. The predicted octanol–water partition coefficient (Wildman–Crippen LogP) is 16.3. The van der Waals surface area contributed by atoms with E-state index in [1.807, 2.05) is 6.08 Å². The summed E-state index contributed by atoms with van der Waals surface area (Å²) in [5.41, 5.74) is 0. The Bertz CT molecular complexity index is 1690. The number of aliphatic hydroxyl groups is 5. The zero-order valence-electron chi connectivity index (χ0n) is 51.6. The molecule has 0 spiro atoms. The second kappa shape index (κ2) is 57.0. The summed E-state index contributed by atoms with van der Waals surface area (Å²) < 4.78 is 17.6. The van der Waals surface area contributed by atoms with E-state index < -0.39 is 67.4 Å². The van der Waals surface area contributed by atoms with Gasteiger partial charge in [-0.25, -0.2) is 0 Å². The van der Waals surface area contributed by atoms with Crippen LogP contribution in [0, 0.1) is 0 Å². The molecule has 1 fully saturated rings. The third-order valence-electron chi connectivity index (χ3n) is 15.0. The summed E-state index contributed by atoms with van der Waals surface area (Å²) in [5.74, 6) is -1.22. The summed E-state index contributed by atoms with van der Waals surface area (Å²) in [6.45, 7) is 5.64. The van der Waals surface area contributed by atoms with Crippen molar-refractivity contribution in [3.8, 4) is 0 Å². The van der Waals surface area contributed by atoms with E-state index in [1.54, 1.807) is 6.08 Å². The third kappa shape index (κ3) is 44.7. The topological polar surface area (TPSA) is 175 Å². The molecule has 1 aliphatic heterocycles. The first-order valence-corrected chi connectivity index (χ1v) is 33.0. The summed E-state index contributed by atoms with van der Waals surface area (Å²) in [4.78, 5) is 26.6. The largest absolute Gasteiger partial charge is 0.454 e. The average Bonchev–Trinajstić information content (AvgIpc) is 3.50. The highest BCUT2D eigenvalue weighted by molar-refractivity contribution is 5.80. The van der Waals surface area contributed by atoms with Crippen molar-refractivity contribution in [3.05, 3.63) is 97.2 Å². The van der Waals surface area contributed by atoms with Crippen LogP contribution >= 0.6 is 0 Å². The Labute approximate surface area is 495 Å². The number of ether oxygens (including phenoxy) is 3. The molecule has 0 aromatic heterocycles. The number of rotatable bonds is 55. The number of aliphatic hydroxyl groups excluding tert-OH is 5. The molecule has 0 radical (unpaired) electrons. The van der Waals surface area contributed by atoms with Crippen molar-refractivity contribution in [1.29, 1.82) is 0 Å². The van der Waals surface area contributed by atoms with Gasteiger partial charge in [0.2, 0.25) is 5.91 Å². The molecular weight excluding hydrogens is 1010 g/mol. The molecule has 1 amide bonds. The molecule has 0 saturated carbocycles. The molecule has 0 bridgehead atoms. The van der Waals surface area contributed by atoms with Crippen LogP contribution in [0.15, 0.2) is 97.2 Å². The summed E-state index contributed by atoms with van der Waals surface area (Å²) in [6.07, 6.45) is 65.8. The van der Waals surface area contributed by atoms with Crippen molar-refractivity contribution in [2.24, 2.45) is 0 Å². The molecule has 11 heteroatoms. The highest BCUT2D eigenvalue weighted by atomic mass is 16.7. The van der Waals surface area contributed by atoms with Crippen molar-refractivity contribution < 1.29 is 49.3 Å². The Balaban J connectivity index is 2.63. The average molecular weight is 1140 g/mol. The Hall–Kier alpha value is -3.42. The Morgan fingerprint density at radius 3 is 1.36 bits per heavy atom. The van der Waals surface area contributed by atoms with E-state index in [9.17, 15) is 35.1 Å². The monoisotopic (exact) mass is 1140 g/mol. The molecule has 6 N–H and O–H groups in total. The van der Waals surface area contributed by atoms with Crippen molar-refractivity contribution in [1.82, 2.24) is 5.32 Å². The molecule has 1 heterocycles. The number of hydrogen-bond donors (Lipinski definition) is 6. The lowest BCUT2D eigenvalue weighted by atomic mass is 9.99. The standard InChI is InChI=1S/C70H121NO10/c1-4-7-10-13-16-19-22-24-26-28-30-32-34-36-38-40-43-46-49-52-55-58-65(75)81-68-67(77)66(76)64(59-72)80-70(68)79-60-61(62(73)56-53-50-47-44-41-21-18-15-12-9-6-3)71-69(78)63(74)57-54-51-48-45-42-39-37-35-33-31-29-27-25-23-20-17-14-11-8-5-2/h7,10,16-17,19-20,24-27,30,32,36,38,53,56,61-64,66-68,70,72-74,76-77H,4-6,8-9,11-15,18,21-23,28-29,31,33-35,37,39-52,54-55,57-60H2,1-3H3,(H,71,78)/b10-7-,19-16-,20-17-,26-24-,27-25-,32-30-,38-36-,56-53+. The van der Waals surface area contributed by atoms with E-state index in [2.05, 4.69) is 111 Å². The first kappa shape index (κ1) is 75.6. The number of hydrogen-bond acceptors (Lipinski definition) is 10. The maximum Gasteiger partial charge on any atom is 0.306 e. The SMILES string of the molecule is CC/C=C\C/C=C\C/C=C\C/C=C\C/C=C\CCCCCCCC(=O)OC1C(OCC(NC(=O)C(O)CCCCCCCCCCCC/C=C\C/C=C\CCCCC)C(O)/C=C/CCCCCCCCCCC)OC(CO)C(O)C1O. The fraction of sp³-hybridized carbons (Fsp3) is 0.743. The molecule has 0 aromatic rings. The molecule has 11 nitrogen and oxygen atoms in total. The number of amides is 1. The number of carbonyl (C=O) groups is 2. The lowest BCUT2D eigenvalue weighted by Crippen LogP contribution is -2.61. The van der Waals surface area contributed by atoms with Gasteiger partial charge in [-0.15, -0.1) is 0 Å². The molecule has 81 heavy (non-hydrogen) atoms. The Morgan fingerprint density at radius 2 is 0.889 bits per heavy atom. The summed E-state index contributed by atoms with van der Waals surface area (Å²) in [7, 11) is 0. The molecule has 0 aromatic carbocycles. The van der Waals surface area contributed by atoms with Gasteiger partial charge < -0.3 is 45.1 Å². The smallest absolute Gasteiger partial charge is 0.306 e. The van der Waals surface area contributed by atoms with Crippen LogP contribution in [0.1, 0.15) is 271 Å². The zero-order chi connectivity index (χ0) is 58.9. The lowest BCUT2D eigenvalue weighted by molar-refractivity contribution is -0.305. The highest BCUT2D eigenvalue weighted by Crippen LogP contribution is 2.26. The van der Waals surface area contributed by atoms with E-state index in [-0.39, 0.29) is 19.4 Å². The predicted molar refractivity (Wildman–Crippen MR) is 338 cm³/mol. The van der Waals surface area contributed by atoms with E-state index in [4.69, 9.17) is 14.2 Å². The fourth-order valence-electron chi connectivity index (χ4n) is 9.77. The van der Waals surface area contributed by atoms with Crippen molar-refractivity contribution in [3.63, 3.8) is 0 Å². The highest BCUT2D eigenvalue weighted by Gasteiger charge is 2.47. The second-order valence-electron chi connectivity index (χ2n) is 22.5. The van der Waals surface area contributed by atoms with E-state index >= 15 is 0 Å². The maximum absolute atomic E-state index is 13.4. The van der Waals surface area contributed by atoms with Crippen LogP contribution in [0.2, 0.25) is 0 Å². The fourth-order valence-corrected chi connectivity index (χ4v) is 9.77.